The molecule has 2 nitrogen and oxygen atoms in total. The van der Waals surface area contributed by atoms with Crippen molar-refractivity contribution in [3.63, 3.8) is 0 Å². The maximum absolute atomic E-state index is 13.4. The molecule has 0 saturated carbocycles. The van der Waals surface area contributed by atoms with Gasteiger partial charge in [-0.25, -0.2) is 4.39 Å². The minimum absolute atomic E-state index is 0.0331. The zero-order valence-electron chi connectivity index (χ0n) is 9.92. The van der Waals surface area contributed by atoms with Gasteiger partial charge in [0.05, 0.1) is 6.10 Å². The van der Waals surface area contributed by atoms with Gasteiger partial charge in [-0.2, -0.15) is 0 Å². The summed E-state index contributed by atoms with van der Waals surface area (Å²) >= 11 is 0. The number of rotatable bonds is 1. The topological polar surface area (TPSA) is 21.3 Å². The molecule has 0 aliphatic carbocycles. The van der Waals surface area contributed by atoms with Crippen LogP contribution in [0.3, 0.4) is 0 Å². The molecule has 0 radical (unpaired) electrons. The average molecular weight is 235 g/mol. The Morgan fingerprint density at radius 1 is 1.29 bits per heavy atom. The second-order valence-corrected chi connectivity index (χ2v) is 4.94. The Morgan fingerprint density at radius 3 is 3.06 bits per heavy atom. The third kappa shape index (κ3) is 2.22. The minimum Gasteiger partial charge on any atom is -0.372 e. The lowest BCUT2D eigenvalue weighted by atomic mass is 9.95. The molecule has 2 atom stereocenters. The predicted molar refractivity (Wildman–Crippen MR) is 64.4 cm³/mol. The van der Waals surface area contributed by atoms with Crippen LogP contribution in [0.15, 0.2) is 18.2 Å². The first-order chi connectivity index (χ1) is 8.34. The number of ether oxygens (including phenoxy) is 1. The van der Waals surface area contributed by atoms with Gasteiger partial charge >= 0.3 is 0 Å². The molecule has 0 bridgehead atoms. The monoisotopic (exact) mass is 235 g/mol. The van der Waals surface area contributed by atoms with E-state index in [-0.39, 0.29) is 11.9 Å². The Labute approximate surface area is 101 Å². The van der Waals surface area contributed by atoms with E-state index in [2.05, 4.69) is 5.32 Å². The van der Waals surface area contributed by atoms with Crippen LogP contribution in [0.5, 0.6) is 0 Å². The molecule has 1 saturated heterocycles. The number of hydrogen-bond acceptors (Lipinski definition) is 2. The van der Waals surface area contributed by atoms with Gasteiger partial charge in [0.25, 0.3) is 0 Å². The Kier molecular flexibility index (Phi) is 3.12. The lowest BCUT2D eigenvalue weighted by Crippen LogP contribution is -2.30. The fourth-order valence-electron chi connectivity index (χ4n) is 2.92. The molecule has 0 aromatic heterocycles. The number of halogens is 1. The van der Waals surface area contributed by atoms with Crippen molar-refractivity contribution in [1.29, 1.82) is 0 Å². The summed E-state index contributed by atoms with van der Waals surface area (Å²) < 4.78 is 19.4. The van der Waals surface area contributed by atoms with Crippen molar-refractivity contribution in [1.82, 2.24) is 5.32 Å². The molecule has 1 unspecified atom stereocenters. The van der Waals surface area contributed by atoms with Crippen LogP contribution in [-0.4, -0.2) is 19.2 Å². The second kappa shape index (κ2) is 4.75. The first-order valence-corrected chi connectivity index (χ1v) is 6.48. The van der Waals surface area contributed by atoms with E-state index in [9.17, 15) is 4.39 Å². The molecule has 1 aromatic rings. The third-order valence-electron chi connectivity index (χ3n) is 3.77. The van der Waals surface area contributed by atoms with Gasteiger partial charge in [0.15, 0.2) is 0 Å². The van der Waals surface area contributed by atoms with Crippen LogP contribution in [0.4, 0.5) is 4.39 Å². The molecule has 1 fully saturated rings. The van der Waals surface area contributed by atoms with Crippen molar-refractivity contribution in [2.45, 2.75) is 37.8 Å². The molecule has 92 valence electrons. The van der Waals surface area contributed by atoms with Crippen LogP contribution >= 0.6 is 0 Å². The first kappa shape index (κ1) is 11.2. The van der Waals surface area contributed by atoms with Crippen LogP contribution < -0.4 is 5.32 Å². The quantitative estimate of drug-likeness (QED) is 0.807. The van der Waals surface area contributed by atoms with Crippen molar-refractivity contribution in [2.24, 2.45) is 0 Å². The summed E-state index contributed by atoms with van der Waals surface area (Å²) in [7, 11) is 0. The van der Waals surface area contributed by atoms with Crippen molar-refractivity contribution in [3.8, 4) is 0 Å². The predicted octanol–water partition coefficient (Wildman–Crippen LogP) is 2.58. The van der Waals surface area contributed by atoms with E-state index in [1.807, 2.05) is 6.07 Å². The van der Waals surface area contributed by atoms with Gasteiger partial charge < -0.3 is 10.1 Å². The summed E-state index contributed by atoms with van der Waals surface area (Å²) in [5, 5.41) is 3.47. The van der Waals surface area contributed by atoms with Gasteiger partial charge in [-0.15, -0.1) is 0 Å². The van der Waals surface area contributed by atoms with Gasteiger partial charge in [0.2, 0.25) is 0 Å². The van der Waals surface area contributed by atoms with E-state index < -0.39 is 0 Å². The Bertz CT molecular complexity index is 401. The van der Waals surface area contributed by atoms with E-state index in [4.69, 9.17) is 4.74 Å². The highest BCUT2D eigenvalue weighted by molar-refractivity contribution is 5.32. The van der Waals surface area contributed by atoms with Gasteiger partial charge in [-0.05, 0) is 55.5 Å². The molecular formula is C14H18FNO. The molecule has 0 spiro atoms. The molecule has 2 heterocycles. The number of aryl methyl sites for hydroxylation is 1. The Balaban J connectivity index is 1.96. The van der Waals surface area contributed by atoms with Gasteiger partial charge in [-0.3, -0.25) is 0 Å². The zero-order chi connectivity index (χ0) is 11.7. The summed E-state index contributed by atoms with van der Waals surface area (Å²) in [6.45, 7) is 1.83. The van der Waals surface area contributed by atoms with Crippen LogP contribution in [0.1, 0.15) is 36.5 Å². The molecule has 17 heavy (non-hydrogen) atoms. The first-order valence-electron chi connectivity index (χ1n) is 6.48. The molecular weight excluding hydrogens is 217 g/mol. The van der Waals surface area contributed by atoms with Crippen LogP contribution in [-0.2, 0) is 11.2 Å². The number of hydrogen-bond donors (Lipinski definition) is 1. The van der Waals surface area contributed by atoms with E-state index >= 15 is 0 Å². The van der Waals surface area contributed by atoms with Gasteiger partial charge in [-0.1, -0.05) is 6.07 Å². The van der Waals surface area contributed by atoms with Crippen LogP contribution in [0.25, 0.3) is 0 Å². The van der Waals surface area contributed by atoms with E-state index in [1.165, 1.54) is 12.0 Å². The molecule has 1 aromatic carbocycles. The average Bonchev–Trinajstić information content (AvgIpc) is 2.77. The smallest absolute Gasteiger partial charge is 0.123 e. The zero-order valence-corrected chi connectivity index (χ0v) is 9.92. The standard InChI is InChI=1S/C14H18FNO/c15-11-6-5-10-3-2-8-17-14(12(10)9-11)13-4-1-7-16-13/h5-6,9,13-14,16H,1-4,7-8H2/t13?,14-/m1/s1. The normalized spacial score (nSPS) is 28.8. The molecule has 3 rings (SSSR count). The highest BCUT2D eigenvalue weighted by Gasteiger charge is 2.29. The fraction of sp³-hybridized carbons (Fsp3) is 0.571. The summed E-state index contributed by atoms with van der Waals surface area (Å²) in [5.41, 5.74) is 2.31. The summed E-state index contributed by atoms with van der Waals surface area (Å²) in [5.74, 6) is -0.155. The van der Waals surface area contributed by atoms with Crippen molar-refractivity contribution < 1.29 is 9.13 Å². The van der Waals surface area contributed by atoms with E-state index in [0.29, 0.717) is 6.04 Å². The SMILES string of the molecule is Fc1ccc2c(c1)[C@H](C1CCCN1)OCCC2. The van der Waals surface area contributed by atoms with Crippen molar-refractivity contribution in [2.75, 3.05) is 13.2 Å². The number of benzene rings is 1. The molecule has 3 heteroatoms. The Hall–Kier alpha value is -0.930. The molecule has 1 N–H and O–H groups in total. The van der Waals surface area contributed by atoms with E-state index in [1.54, 1.807) is 12.1 Å². The lowest BCUT2D eigenvalue weighted by molar-refractivity contribution is 0.0332. The van der Waals surface area contributed by atoms with Crippen molar-refractivity contribution >= 4 is 0 Å². The summed E-state index contributed by atoms with van der Waals surface area (Å²) in [4.78, 5) is 0. The third-order valence-corrected chi connectivity index (χ3v) is 3.77. The highest BCUT2D eigenvalue weighted by Crippen LogP contribution is 2.32. The molecule has 2 aliphatic heterocycles. The number of fused-ring (bicyclic) bond motifs is 1. The summed E-state index contributed by atoms with van der Waals surface area (Å²) in [6, 6.07) is 5.49. The lowest BCUT2D eigenvalue weighted by Gasteiger charge is -2.24. The van der Waals surface area contributed by atoms with Gasteiger partial charge in [0.1, 0.15) is 5.82 Å². The number of nitrogens with one attached hydrogen (secondary N) is 1. The Morgan fingerprint density at radius 2 is 2.24 bits per heavy atom. The maximum Gasteiger partial charge on any atom is 0.123 e. The summed E-state index contributed by atoms with van der Waals surface area (Å²) in [6.07, 6.45) is 4.38. The second-order valence-electron chi connectivity index (χ2n) is 4.94. The largest absolute Gasteiger partial charge is 0.372 e. The van der Waals surface area contributed by atoms with Crippen LogP contribution in [0, 0.1) is 5.82 Å². The van der Waals surface area contributed by atoms with Crippen molar-refractivity contribution in [3.05, 3.63) is 35.1 Å². The van der Waals surface area contributed by atoms with Gasteiger partial charge in [0, 0.05) is 12.6 Å². The molecule has 0 amide bonds. The molecule has 2 aliphatic rings. The fourth-order valence-corrected chi connectivity index (χ4v) is 2.92. The maximum atomic E-state index is 13.4. The van der Waals surface area contributed by atoms with Crippen LogP contribution in [0.2, 0.25) is 0 Å². The van der Waals surface area contributed by atoms with E-state index in [0.717, 1.165) is 38.0 Å². The minimum atomic E-state index is -0.155. The highest BCUT2D eigenvalue weighted by atomic mass is 19.1.